The van der Waals surface area contributed by atoms with E-state index in [1.807, 2.05) is 18.2 Å². The Bertz CT molecular complexity index is 951. The fraction of sp³-hybridized carbons (Fsp3) is 0.222. The number of rotatable bonds is 3. The maximum absolute atomic E-state index is 10.9. The van der Waals surface area contributed by atoms with Gasteiger partial charge in [-0.05, 0) is 42.5 Å². The maximum atomic E-state index is 10.9. The molecule has 25 heavy (non-hydrogen) atoms. The lowest BCUT2D eigenvalue weighted by atomic mass is 9.87. The van der Waals surface area contributed by atoms with Gasteiger partial charge < -0.3 is 10.3 Å². The van der Waals surface area contributed by atoms with Crippen LogP contribution in [0.4, 0.5) is 5.69 Å². The summed E-state index contributed by atoms with van der Waals surface area (Å²) < 4.78 is 5.36. The molecule has 7 nitrogen and oxygen atoms in total. The molecular weight excluding hydrogens is 320 g/mol. The van der Waals surface area contributed by atoms with Crippen LogP contribution in [-0.2, 0) is 6.42 Å². The van der Waals surface area contributed by atoms with Gasteiger partial charge in [0, 0.05) is 29.3 Å². The summed E-state index contributed by atoms with van der Waals surface area (Å²) in [5.74, 6) is 0.719. The third-order valence-corrected chi connectivity index (χ3v) is 4.49. The van der Waals surface area contributed by atoms with E-state index in [4.69, 9.17) is 10.3 Å². The molecule has 1 aromatic heterocycles. The highest BCUT2D eigenvalue weighted by atomic mass is 16.6. The lowest BCUT2D eigenvalue weighted by Crippen LogP contribution is -2.17. The molecule has 126 valence electrons. The summed E-state index contributed by atoms with van der Waals surface area (Å²) in [4.78, 5) is 14.8. The molecular formula is C18H16N4O3. The lowest BCUT2D eigenvalue weighted by Gasteiger charge is -2.22. The molecule has 3 aromatic rings. The van der Waals surface area contributed by atoms with Gasteiger partial charge in [0.05, 0.1) is 4.92 Å². The number of benzene rings is 2. The largest absolute Gasteiger partial charge is 0.334 e. The van der Waals surface area contributed by atoms with Gasteiger partial charge in [-0.1, -0.05) is 23.4 Å². The van der Waals surface area contributed by atoms with Gasteiger partial charge in [0.1, 0.15) is 0 Å². The molecule has 0 saturated heterocycles. The zero-order valence-corrected chi connectivity index (χ0v) is 13.4. The van der Waals surface area contributed by atoms with Crippen LogP contribution < -0.4 is 5.73 Å². The number of aromatic nitrogens is 2. The van der Waals surface area contributed by atoms with Crippen molar-refractivity contribution in [3.63, 3.8) is 0 Å². The molecule has 1 unspecified atom stereocenters. The Hall–Kier alpha value is -3.06. The van der Waals surface area contributed by atoms with Crippen molar-refractivity contribution in [3.8, 4) is 22.8 Å². The molecule has 0 aliphatic heterocycles. The number of hydrogen-bond acceptors (Lipinski definition) is 6. The highest BCUT2D eigenvalue weighted by Gasteiger charge is 2.19. The molecule has 7 heteroatoms. The summed E-state index contributed by atoms with van der Waals surface area (Å²) in [7, 11) is 0. The molecule has 0 radical (unpaired) electrons. The average molecular weight is 336 g/mol. The van der Waals surface area contributed by atoms with E-state index in [1.165, 1.54) is 23.3 Å². The van der Waals surface area contributed by atoms with Crippen molar-refractivity contribution >= 4 is 5.69 Å². The SMILES string of the molecule is NC1CCCc2cc(-c3nc(-c4cccc([N+](=O)[O-])c4)no3)ccc21. The van der Waals surface area contributed by atoms with Gasteiger partial charge in [-0.2, -0.15) is 4.98 Å². The first-order valence-corrected chi connectivity index (χ1v) is 8.09. The maximum Gasteiger partial charge on any atom is 0.270 e. The van der Waals surface area contributed by atoms with Gasteiger partial charge in [-0.15, -0.1) is 0 Å². The average Bonchev–Trinajstić information content (AvgIpc) is 3.12. The van der Waals surface area contributed by atoms with Gasteiger partial charge in [0.15, 0.2) is 0 Å². The Balaban J connectivity index is 1.68. The summed E-state index contributed by atoms with van der Waals surface area (Å²) in [5, 5.41) is 14.9. The van der Waals surface area contributed by atoms with Crippen LogP contribution in [0.3, 0.4) is 0 Å². The van der Waals surface area contributed by atoms with Crippen molar-refractivity contribution in [3.05, 3.63) is 63.7 Å². The third-order valence-electron chi connectivity index (χ3n) is 4.49. The Labute approximate surface area is 143 Å². The Morgan fingerprint density at radius 2 is 2.08 bits per heavy atom. The number of non-ortho nitro benzene ring substituents is 1. The van der Waals surface area contributed by atoms with Gasteiger partial charge in [-0.25, -0.2) is 0 Å². The minimum atomic E-state index is -0.447. The quantitative estimate of drug-likeness (QED) is 0.577. The molecule has 2 N–H and O–H groups in total. The van der Waals surface area contributed by atoms with Crippen LogP contribution in [0.1, 0.15) is 30.0 Å². The molecule has 1 aliphatic rings. The van der Waals surface area contributed by atoms with Crippen LogP contribution in [0.25, 0.3) is 22.8 Å². The molecule has 0 spiro atoms. The van der Waals surface area contributed by atoms with Crippen molar-refractivity contribution in [2.75, 3.05) is 0 Å². The minimum absolute atomic E-state index is 0.00776. The Kier molecular flexibility index (Phi) is 3.77. The normalized spacial score (nSPS) is 16.4. The van der Waals surface area contributed by atoms with E-state index in [-0.39, 0.29) is 11.7 Å². The number of nitro benzene ring substituents is 1. The number of fused-ring (bicyclic) bond motifs is 1. The highest BCUT2D eigenvalue weighted by molar-refractivity contribution is 5.63. The van der Waals surface area contributed by atoms with Crippen molar-refractivity contribution in [1.29, 1.82) is 0 Å². The van der Waals surface area contributed by atoms with E-state index in [2.05, 4.69) is 10.1 Å². The second kappa shape index (κ2) is 6.10. The smallest absolute Gasteiger partial charge is 0.270 e. The molecule has 4 rings (SSSR count). The second-order valence-electron chi connectivity index (χ2n) is 6.14. The molecule has 1 atom stereocenters. The van der Waals surface area contributed by atoms with E-state index in [9.17, 15) is 10.1 Å². The summed E-state index contributed by atoms with van der Waals surface area (Å²) in [6.07, 6.45) is 3.06. The van der Waals surface area contributed by atoms with Gasteiger partial charge in [0.2, 0.25) is 5.82 Å². The third kappa shape index (κ3) is 2.89. The summed E-state index contributed by atoms with van der Waals surface area (Å²) in [6, 6.07) is 12.2. The number of nitro groups is 1. The lowest BCUT2D eigenvalue weighted by molar-refractivity contribution is -0.384. The second-order valence-corrected chi connectivity index (χ2v) is 6.14. The highest BCUT2D eigenvalue weighted by Crippen LogP contribution is 2.32. The van der Waals surface area contributed by atoms with Crippen LogP contribution in [0.15, 0.2) is 47.0 Å². The van der Waals surface area contributed by atoms with Crippen molar-refractivity contribution in [2.24, 2.45) is 5.73 Å². The topological polar surface area (TPSA) is 108 Å². The summed E-state index contributed by atoms with van der Waals surface area (Å²) in [5.41, 5.74) is 9.90. The first kappa shape index (κ1) is 15.5. The van der Waals surface area contributed by atoms with Crippen LogP contribution in [0.2, 0.25) is 0 Å². The predicted octanol–water partition coefficient (Wildman–Crippen LogP) is 3.65. The van der Waals surface area contributed by atoms with Crippen LogP contribution >= 0.6 is 0 Å². The van der Waals surface area contributed by atoms with E-state index in [0.29, 0.717) is 17.3 Å². The molecule has 0 fully saturated rings. The van der Waals surface area contributed by atoms with Gasteiger partial charge in [0.25, 0.3) is 11.6 Å². The standard InChI is InChI=1S/C18H16N4O3/c19-16-6-2-3-11-9-13(7-8-15(11)16)18-20-17(21-25-18)12-4-1-5-14(10-12)22(23)24/h1,4-5,7-10,16H,2-3,6,19H2. The van der Waals surface area contributed by atoms with Crippen LogP contribution in [-0.4, -0.2) is 15.1 Å². The van der Waals surface area contributed by atoms with Crippen molar-refractivity contribution < 1.29 is 9.45 Å². The van der Waals surface area contributed by atoms with E-state index >= 15 is 0 Å². The zero-order valence-electron chi connectivity index (χ0n) is 13.4. The van der Waals surface area contributed by atoms with E-state index < -0.39 is 4.92 Å². The Morgan fingerprint density at radius 3 is 2.92 bits per heavy atom. The van der Waals surface area contributed by atoms with Crippen molar-refractivity contribution in [2.45, 2.75) is 25.3 Å². The van der Waals surface area contributed by atoms with E-state index in [1.54, 1.807) is 12.1 Å². The number of aryl methyl sites for hydroxylation is 1. The molecule has 1 aliphatic carbocycles. The zero-order chi connectivity index (χ0) is 17.4. The molecule has 1 heterocycles. The first-order valence-electron chi connectivity index (χ1n) is 8.09. The summed E-state index contributed by atoms with van der Waals surface area (Å²) >= 11 is 0. The van der Waals surface area contributed by atoms with E-state index in [0.717, 1.165) is 24.8 Å². The number of hydrogen-bond donors (Lipinski definition) is 1. The first-order chi connectivity index (χ1) is 12.1. The van der Waals surface area contributed by atoms with Gasteiger partial charge in [-0.3, -0.25) is 10.1 Å². The van der Waals surface area contributed by atoms with Crippen molar-refractivity contribution in [1.82, 2.24) is 10.1 Å². The molecule has 0 amide bonds. The fourth-order valence-corrected chi connectivity index (χ4v) is 3.20. The summed E-state index contributed by atoms with van der Waals surface area (Å²) in [6.45, 7) is 0. The monoisotopic (exact) mass is 336 g/mol. The molecule has 0 bridgehead atoms. The van der Waals surface area contributed by atoms with Gasteiger partial charge >= 0.3 is 0 Å². The fourth-order valence-electron chi connectivity index (χ4n) is 3.20. The van der Waals surface area contributed by atoms with Crippen LogP contribution in [0.5, 0.6) is 0 Å². The predicted molar refractivity (Wildman–Crippen MR) is 91.7 cm³/mol. The van der Waals surface area contributed by atoms with Crippen LogP contribution in [0, 0.1) is 10.1 Å². The number of nitrogens with two attached hydrogens (primary N) is 1. The minimum Gasteiger partial charge on any atom is -0.334 e. The molecule has 2 aromatic carbocycles. The molecule has 0 saturated carbocycles. The number of nitrogens with zero attached hydrogens (tertiary/aromatic N) is 3. The Morgan fingerprint density at radius 1 is 1.20 bits per heavy atom.